The lowest BCUT2D eigenvalue weighted by Gasteiger charge is -2.29. The number of amides is 1. The highest BCUT2D eigenvalue weighted by Crippen LogP contribution is 2.25. The minimum atomic E-state index is -0.145. The Kier molecular flexibility index (Phi) is 6.46. The second kappa shape index (κ2) is 8.34. The summed E-state index contributed by atoms with van der Waals surface area (Å²) < 4.78 is 5.56. The predicted molar refractivity (Wildman–Crippen MR) is 91.1 cm³/mol. The van der Waals surface area contributed by atoms with E-state index in [1.165, 1.54) is 6.42 Å². The molecule has 1 aromatic carbocycles. The Balaban J connectivity index is 1.95. The molecule has 0 saturated heterocycles. The Labute approximate surface area is 142 Å². The molecule has 0 bridgehead atoms. The number of ether oxygens (including phenoxy) is 1. The van der Waals surface area contributed by atoms with E-state index in [9.17, 15) is 9.59 Å². The van der Waals surface area contributed by atoms with Crippen LogP contribution in [0.15, 0.2) is 18.2 Å². The number of benzene rings is 1. The van der Waals surface area contributed by atoms with Crippen molar-refractivity contribution in [1.29, 1.82) is 0 Å². The van der Waals surface area contributed by atoms with Crippen LogP contribution in [0, 0.1) is 5.92 Å². The standard InChI is InChI=1S/C18H24ClNO3/c1-3-16(21)14-10-13(19)8-9-17(14)23-11-18(22)20-15-7-5-4-6-12(15)2/h8-10,12,15H,3-7,11H2,1-2H3,(H,20,22)/t12-,15+/m0/s1. The number of rotatable bonds is 6. The molecule has 0 heterocycles. The van der Waals surface area contributed by atoms with E-state index in [0.717, 1.165) is 19.3 Å². The van der Waals surface area contributed by atoms with Crippen molar-refractivity contribution >= 4 is 23.3 Å². The maximum absolute atomic E-state index is 12.1. The maximum atomic E-state index is 12.1. The third-order valence-corrected chi connectivity index (χ3v) is 4.61. The fourth-order valence-electron chi connectivity index (χ4n) is 2.96. The lowest BCUT2D eigenvalue weighted by atomic mass is 9.86. The fourth-order valence-corrected chi connectivity index (χ4v) is 3.13. The van der Waals surface area contributed by atoms with Crippen molar-refractivity contribution in [2.75, 3.05) is 6.61 Å². The van der Waals surface area contributed by atoms with Gasteiger partial charge < -0.3 is 10.1 Å². The lowest BCUT2D eigenvalue weighted by Crippen LogP contribution is -2.43. The molecule has 1 amide bonds. The molecule has 0 aliphatic heterocycles. The minimum Gasteiger partial charge on any atom is -0.483 e. The lowest BCUT2D eigenvalue weighted by molar-refractivity contribution is -0.124. The third-order valence-electron chi connectivity index (χ3n) is 4.38. The highest BCUT2D eigenvalue weighted by atomic mass is 35.5. The summed E-state index contributed by atoms with van der Waals surface area (Å²) >= 11 is 5.94. The van der Waals surface area contributed by atoms with E-state index in [-0.39, 0.29) is 24.3 Å². The quantitative estimate of drug-likeness (QED) is 0.798. The predicted octanol–water partition coefficient (Wildman–Crippen LogP) is 4.01. The van der Waals surface area contributed by atoms with Crippen LogP contribution in [0.3, 0.4) is 0 Å². The largest absolute Gasteiger partial charge is 0.483 e. The van der Waals surface area contributed by atoms with Crippen LogP contribution in [0.5, 0.6) is 5.75 Å². The van der Waals surface area contributed by atoms with Crippen LogP contribution >= 0.6 is 11.6 Å². The monoisotopic (exact) mass is 337 g/mol. The van der Waals surface area contributed by atoms with Crippen molar-refractivity contribution in [2.24, 2.45) is 5.92 Å². The van der Waals surface area contributed by atoms with Crippen LogP contribution in [0.25, 0.3) is 0 Å². The Morgan fingerprint density at radius 3 is 2.74 bits per heavy atom. The van der Waals surface area contributed by atoms with Crippen LogP contribution in [0.4, 0.5) is 0 Å². The molecule has 1 aliphatic carbocycles. The van der Waals surface area contributed by atoms with E-state index in [0.29, 0.717) is 28.7 Å². The van der Waals surface area contributed by atoms with E-state index in [4.69, 9.17) is 16.3 Å². The minimum absolute atomic E-state index is 0.0520. The topological polar surface area (TPSA) is 55.4 Å². The average molecular weight is 338 g/mol. The summed E-state index contributed by atoms with van der Waals surface area (Å²) in [5.41, 5.74) is 0.429. The molecule has 0 aromatic heterocycles. The first-order valence-corrected chi connectivity index (χ1v) is 8.64. The number of nitrogens with one attached hydrogen (secondary N) is 1. The maximum Gasteiger partial charge on any atom is 0.258 e. The molecule has 0 radical (unpaired) electrons. The Morgan fingerprint density at radius 1 is 1.30 bits per heavy atom. The van der Waals surface area contributed by atoms with Crippen LogP contribution in [-0.4, -0.2) is 24.3 Å². The van der Waals surface area contributed by atoms with Gasteiger partial charge in [0.15, 0.2) is 12.4 Å². The number of halogens is 1. The molecule has 0 spiro atoms. The second-order valence-electron chi connectivity index (χ2n) is 6.14. The highest BCUT2D eigenvalue weighted by molar-refractivity contribution is 6.31. The van der Waals surface area contributed by atoms with Gasteiger partial charge in [0.25, 0.3) is 5.91 Å². The van der Waals surface area contributed by atoms with E-state index >= 15 is 0 Å². The molecule has 1 N–H and O–H groups in total. The normalized spacial score (nSPS) is 20.8. The summed E-state index contributed by atoms with van der Waals surface area (Å²) in [5.74, 6) is 0.714. The number of Topliss-reactive ketones (excluding diaryl/α,β-unsaturated/α-hetero) is 1. The van der Waals surface area contributed by atoms with Gasteiger partial charge in [-0.15, -0.1) is 0 Å². The first-order valence-electron chi connectivity index (χ1n) is 8.26. The fraction of sp³-hybridized carbons (Fsp3) is 0.556. The summed E-state index contributed by atoms with van der Waals surface area (Å²) in [7, 11) is 0. The van der Waals surface area contributed by atoms with Crippen molar-refractivity contribution in [3.8, 4) is 5.75 Å². The molecule has 1 aliphatic rings. The van der Waals surface area contributed by atoms with Gasteiger partial charge in [-0.1, -0.05) is 38.3 Å². The summed E-state index contributed by atoms with van der Waals surface area (Å²) in [5, 5.41) is 3.52. The van der Waals surface area contributed by atoms with E-state index in [1.807, 2.05) is 0 Å². The third kappa shape index (κ3) is 4.96. The van der Waals surface area contributed by atoms with Crippen molar-refractivity contribution in [1.82, 2.24) is 5.32 Å². The molecule has 4 nitrogen and oxygen atoms in total. The number of carbonyl (C=O) groups excluding carboxylic acids is 2. The second-order valence-corrected chi connectivity index (χ2v) is 6.58. The molecule has 1 fully saturated rings. The SMILES string of the molecule is CCC(=O)c1cc(Cl)ccc1OCC(=O)N[C@@H]1CCCC[C@@H]1C. The zero-order chi connectivity index (χ0) is 16.8. The molecule has 1 saturated carbocycles. The van der Waals surface area contributed by atoms with Gasteiger partial charge in [-0.2, -0.15) is 0 Å². The molecular formula is C18H24ClNO3. The molecule has 1 aromatic rings. The van der Waals surface area contributed by atoms with Gasteiger partial charge in [-0.05, 0) is 37.0 Å². The molecule has 23 heavy (non-hydrogen) atoms. The van der Waals surface area contributed by atoms with Gasteiger partial charge in [0.05, 0.1) is 5.56 Å². The van der Waals surface area contributed by atoms with Gasteiger partial charge in [0.2, 0.25) is 0 Å². The molecule has 0 unspecified atom stereocenters. The number of hydrogen-bond donors (Lipinski definition) is 1. The first-order chi connectivity index (χ1) is 11.0. The van der Waals surface area contributed by atoms with Crippen LogP contribution in [0.2, 0.25) is 5.02 Å². The number of carbonyl (C=O) groups is 2. The summed E-state index contributed by atoms with van der Waals surface area (Å²) in [6.07, 6.45) is 4.92. The van der Waals surface area contributed by atoms with Crippen LogP contribution in [-0.2, 0) is 4.79 Å². The van der Waals surface area contributed by atoms with E-state index in [2.05, 4.69) is 12.2 Å². The van der Waals surface area contributed by atoms with Crippen LogP contribution < -0.4 is 10.1 Å². The molecular weight excluding hydrogens is 314 g/mol. The van der Waals surface area contributed by atoms with Crippen molar-refractivity contribution < 1.29 is 14.3 Å². The van der Waals surface area contributed by atoms with Gasteiger partial charge >= 0.3 is 0 Å². The molecule has 2 atom stereocenters. The zero-order valence-electron chi connectivity index (χ0n) is 13.7. The average Bonchev–Trinajstić information content (AvgIpc) is 2.55. The van der Waals surface area contributed by atoms with Gasteiger partial charge in [-0.25, -0.2) is 0 Å². The summed E-state index contributed by atoms with van der Waals surface area (Å²) in [6.45, 7) is 3.86. The molecule has 2 rings (SSSR count). The van der Waals surface area contributed by atoms with Gasteiger partial charge in [0, 0.05) is 17.5 Å². The molecule has 5 heteroatoms. The number of ketones is 1. The smallest absolute Gasteiger partial charge is 0.258 e. The summed E-state index contributed by atoms with van der Waals surface area (Å²) in [4.78, 5) is 24.1. The van der Waals surface area contributed by atoms with Gasteiger partial charge in [-0.3, -0.25) is 9.59 Å². The number of hydrogen-bond acceptors (Lipinski definition) is 3. The van der Waals surface area contributed by atoms with Crippen molar-refractivity contribution in [2.45, 2.75) is 52.0 Å². The Bertz CT molecular complexity index is 573. The van der Waals surface area contributed by atoms with Gasteiger partial charge in [0.1, 0.15) is 5.75 Å². The van der Waals surface area contributed by atoms with Crippen molar-refractivity contribution in [3.05, 3.63) is 28.8 Å². The molecule has 126 valence electrons. The Hall–Kier alpha value is -1.55. The Morgan fingerprint density at radius 2 is 2.04 bits per heavy atom. The summed E-state index contributed by atoms with van der Waals surface area (Å²) in [6, 6.07) is 5.11. The van der Waals surface area contributed by atoms with E-state index in [1.54, 1.807) is 25.1 Å². The first kappa shape index (κ1) is 17.8. The van der Waals surface area contributed by atoms with Crippen molar-refractivity contribution in [3.63, 3.8) is 0 Å². The highest BCUT2D eigenvalue weighted by Gasteiger charge is 2.23. The zero-order valence-corrected chi connectivity index (χ0v) is 14.5. The van der Waals surface area contributed by atoms with E-state index < -0.39 is 0 Å². The van der Waals surface area contributed by atoms with Crippen LogP contribution in [0.1, 0.15) is 56.3 Å².